The van der Waals surface area contributed by atoms with Gasteiger partial charge in [0, 0.05) is 31.1 Å². The highest BCUT2D eigenvalue weighted by molar-refractivity contribution is 5.92. The Labute approximate surface area is 173 Å². The summed E-state index contributed by atoms with van der Waals surface area (Å²) in [7, 11) is 0. The van der Waals surface area contributed by atoms with Crippen molar-refractivity contribution in [3.63, 3.8) is 0 Å². The minimum atomic E-state index is -0.244. The molecule has 1 aromatic rings. The van der Waals surface area contributed by atoms with Crippen LogP contribution in [0.2, 0.25) is 0 Å². The van der Waals surface area contributed by atoms with Crippen LogP contribution in [0.3, 0.4) is 0 Å². The van der Waals surface area contributed by atoms with Crippen molar-refractivity contribution in [2.75, 3.05) is 18.4 Å². The van der Waals surface area contributed by atoms with Crippen LogP contribution in [0.4, 0.5) is 5.69 Å². The van der Waals surface area contributed by atoms with E-state index in [0.29, 0.717) is 38.1 Å². The van der Waals surface area contributed by atoms with E-state index in [4.69, 9.17) is 4.74 Å². The minimum absolute atomic E-state index is 0.0822. The summed E-state index contributed by atoms with van der Waals surface area (Å²) in [4.78, 5) is 38.6. The van der Waals surface area contributed by atoms with Gasteiger partial charge in [-0.05, 0) is 56.4 Å². The number of amides is 2. The first-order valence-electron chi connectivity index (χ1n) is 11.0. The summed E-state index contributed by atoms with van der Waals surface area (Å²) in [6.07, 6.45) is 8.09. The molecule has 0 bridgehead atoms. The molecule has 1 aliphatic heterocycles. The molecule has 0 aromatic heterocycles. The zero-order chi connectivity index (χ0) is 20.6. The molecule has 1 saturated heterocycles. The Bertz CT molecular complexity index is 702. The first-order chi connectivity index (χ1) is 14.1. The summed E-state index contributed by atoms with van der Waals surface area (Å²) in [6.45, 7) is 3.23. The second-order valence-electron chi connectivity index (χ2n) is 8.17. The molecule has 1 N–H and O–H groups in total. The van der Waals surface area contributed by atoms with Crippen molar-refractivity contribution in [2.45, 2.75) is 64.7 Å². The molecule has 2 amide bonds. The second kappa shape index (κ2) is 10.4. The predicted octanol–water partition coefficient (Wildman–Crippen LogP) is 4.15. The zero-order valence-corrected chi connectivity index (χ0v) is 17.3. The van der Waals surface area contributed by atoms with Gasteiger partial charge in [-0.1, -0.05) is 26.2 Å². The van der Waals surface area contributed by atoms with Gasteiger partial charge in [-0.25, -0.2) is 0 Å². The molecule has 0 spiro atoms. The molecule has 3 rings (SSSR count). The van der Waals surface area contributed by atoms with Gasteiger partial charge in [0.2, 0.25) is 11.8 Å². The largest absolute Gasteiger partial charge is 0.426 e. The monoisotopic (exact) mass is 400 g/mol. The zero-order valence-electron chi connectivity index (χ0n) is 17.3. The maximum absolute atomic E-state index is 12.4. The Balaban J connectivity index is 1.45. The lowest BCUT2D eigenvalue weighted by Crippen LogP contribution is -2.41. The van der Waals surface area contributed by atoms with Crippen LogP contribution in [-0.2, 0) is 14.4 Å². The molecule has 1 heterocycles. The van der Waals surface area contributed by atoms with Crippen LogP contribution in [0, 0.1) is 11.8 Å². The van der Waals surface area contributed by atoms with Gasteiger partial charge in [0.25, 0.3) is 0 Å². The molecule has 0 unspecified atom stereocenters. The number of ether oxygens (including phenoxy) is 1. The SMILES string of the molecule is CCCC(=O)N1CCC(C(=O)Oc2ccc(NC(=O)C3CCCCC3)cc2)CC1. The topological polar surface area (TPSA) is 75.7 Å². The number of esters is 1. The number of nitrogens with one attached hydrogen (secondary N) is 1. The van der Waals surface area contributed by atoms with Crippen LogP contribution in [0.25, 0.3) is 0 Å². The Morgan fingerprint density at radius 2 is 1.62 bits per heavy atom. The molecule has 158 valence electrons. The number of rotatable bonds is 6. The maximum Gasteiger partial charge on any atom is 0.314 e. The Morgan fingerprint density at radius 3 is 2.24 bits per heavy atom. The van der Waals surface area contributed by atoms with Gasteiger partial charge in [-0.15, -0.1) is 0 Å². The summed E-state index contributed by atoms with van der Waals surface area (Å²) < 4.78 is 5.52. The smallest absolute Gasteiger partial charge is 0.314 e. The summed E-state index contributed by atoms with van der Waals surface area (Å²) in [5, 5.41) is 2.96. The molecule has 1 saturated carbocycles. The van der Waals surface area contributed by atoms with Crippen LogP contribution in [0.15, 0.2) is 24.3 Å². The van der Waals surface area contributed by atoms with Crippen molar-refractivity contribution in [1.82, 2.24) is 4.90 Å². The fourth-order valence-corrected chi connectivity index (χ4v) is 4.15. The van der Waals surface area contributed by atoms with Crippen molar-refractivity contribution < 1.29 is 19.1 Å². The number of carbonyl (C=O) groups excluding carboxylic acids is 3. The number of anilines is 1. The van der Waals surface area contributed by atoms with Crippen molar-refractivity contribution in [2.24, 2.45) is 11.8 Å². The average molecular weight is 401 g/mol. The predicted molar refractivity (Wildman–Crippen MR) is 111 cm³/mol. The van der Waals surface area contributed by atoms with Crippen molar-refractivity contribution in [1.29, 1.82) is 0 Å². The highest BCUT2D eigenvalue weighted by Crippen LogP contribution is 2.26. The van der Waals surface area contributed by atoms with Gasteiger partial charge >= 0.3 is 5.97 Å². The molecule has 0 radical (unpaired) electrons. The number of hydrogen-bond donors (Lipinski definition) is 1. The molecule has 2 fully saturated rings. The third kappa shape index (κ3) is 6.05. The summed E-state index contributed by atoms with van der Waals surface area (Å²) in [5.74, 6) is 0.424. The summed E-state index contributed by atoms with van der Waals surface area (Å²) in [5.41, 5.74) is 0.725. The lowest BCUT2D eigenvalue weighted by Gasteiger charge is -2.30. The van der Waals surface area contributed by atoms with E-state index in [1.165, 1.54) is 6.42 Å². The van der Waals surface area contributed by atoms with Crippen LogP contribution in [0.1, 0.15) is 64.7 Å². The molecule has 1 aliphatic carbocycles. The number of benzene rings is 1. The lowest BCUT2D eigenvalue weighted by atomic mass is 9.88. The third-order valence-corrected chi connectivity index (χ3v) is 5.96. The summed E-state index contributed by atoms with van der Waals surface area (Å²) >= 11 is 0. The van der Waals surface area contributed by atoms with Crippen LogP contribution < -0.4 is 10.1 Å². The van der Waals surface area contributed by atoms with E-state index in [1.54, 1.807) is 24.3 Å². The number of piperidine rings is 1. The number of nitrogens with zero attached hydrogens (tertiary/aromatic N) is 1. The summed E-state index contributed by atoms with van der Waals surface area (Å²) in [6, 6.07) is 6.98. The third-order valence-electron chi connectivity index (χ3n) is 5.96. The van der Waals surface area contributed by atoms with E-state index < -0.39 is 0 Å². The molecular formula is C23H32N2O4. The Hall–Kier alpha value is -2.37. The van der Waals surface area contributed by atoms with Gasteiger partial charge in [0.1, 0.15) is 5.75 Å². The van der Waals surface area contributed by atoms with Crippen LogP contribution >= 0.6 is 0 Å². The molecule has 29 heavy (non-hydrogen) atoms. The van der Waals surface area contributed by atoms with Gasteiger partial charge in [0.15, 0.2) is 0 Å². The normalized spacial score (nSPS) is 18.3. The standard InChI is InChI=1S/C23H32N2O4/c1-2-6-21(26)25-15-13-18(14-16-25)23(28)29-20-11-9-19(10-12-20)24-22(27)17-7-4-3-5-8-17/h9-12,17-18H,2-8,13-16H2,1H3,(H,24,27). The maximum atomic E-state index is 12.4. The van der Waals surface area contributed by atoms with Crippen LogP contribution in [0.5, 0.6) is 5.75 Å². The molecule has 6 heteroatoms. The average Bonchev–Trinajstić information content (AvgIpc) is 2.76. The highest BCUT2D eigenvalue weighted by atomic mass is 16.5. The molecule has 6 nitrogen and oxygen atoms in total. The molecule has 0 atom stereocenters. The molecular weight excluding hydrogens is 368 g/mol. The van der Waals surface area contributed by atoms with E-state index >= 15 is 0 Å². The number of carbonyl (C=O) groups is 3. The van der Waals surface area contributed by atoms with E-state index in [-0.39, 0.29) is 29.6 Å². The lowest BCUT2D eigenvalue weighted by molar-refractivity contribution is -0.143. The van der Waals surface area contributed by atoms with Gasteiger partial charge in [-0.3, -0.25) is 14.4 Å². The van der Waals surface area contributed by atoms with Crippen molar-refractivity contribution in [3.8, 4) is 5.75 Å². The van der Waals surface area contributed by atoms with E-state index in [1.807, 2.05) is 11.8 Å². The Kier molecular flexibility index (Phi) is 7.67. The quantitative estimate of drug-likeness (QED) is 0.575. The van der Waals surface area contributed by atoms with Crippen molar-refractivity contribution in [3.05, 3.63) is 24.3 Å². The van der Waals surface area contributed by atoms with E-state index in [2.05, 4.69) is 5.32 Å². The first-order valence-corrected chi connectivity index (χ1v) is 11.0. The van der Waals surface area contributed by atoms with Gasteiger partial charge < -0.3 is 15.0 Å². The van der Waals surface area contributed by atoms with E-state index in [0.717, 1.165) is 37.8 Å². The van der Waals surface area contributed by atoms with Gasteiger partial charge in [-0.2, -0.15) is 0 Å². The fourth-order valence-electron chi connectivity index (χ4n) is 4.15. The van der Waals surface area contributed by atoms with E-state index in [9.17, 15) is 14.4 Å². The minimum Gasteiger partial charge on any atom is -0.426 e. The van der Waals surface area contributed by atoms with Crippen molar-refractivity contribution >= 4 is 23.5 Å². The first kappa shape index (κ1) is 21.3. The molecule has 1 aromatic carbocycles. The molecule has 2 aliphatic rings. The number of hydrogen-bond acceptors (Lipinski definition) is 4. The second-order valence-corrected chi connectivity index (χ2v) is 8.17. The highest BCUT2D eigenvalue weighted by Gasteiger charge is 2.28. The fraction of sp³-hybridized carbons (Fsp3) is 0.609. The van der Waals surface area contributed by atoms with Crippen LogP contribution in [-0.4, -0.2) is 35.8 Å². The van der Waals surface area contributed by atoms with Gasteiger partial charge in [0.05, 0.1) is 5.92 Å². The Morgan fingerprint density at radius 1 is 0.966 bits per heavy atom. The number of likely N-dealkylation sites (tertiary alicyclic amines) is 1.